The number of nitrogens with one attached hydrogen (secondary N) is 2. The summed E-state index contributed by atoms with van der Waals surface area (Å²) in [4.78, 5) is 51.3. The first-order valence-electron chi connectivity index (χ1n) is 11.2. The van der Waals surface area contributed by atoms with E-state index < -0.39 is 35.5 Å². The summed E-state index contributed by atoms with van der Waals surface area (Å²) in [6.07, 6.45) is 2.90. The molecule has 0 heterocycles. The Balaban J connectivity index is 3.10. The van der Waals surface area contributed by atoms with E-state index in [1.54, 1.807) is 45.0 Å². The van der Waals surface area contributed by atoms with E-state index in [-0.39, 0.29) is 13.1 Å². The van der Waals surface area contributed by atoms with E-state index >= 15 is 0 Å². The van der Waals surface area contributed by atoms with Gasteiger partial charge in [0, 0.05) is 6.54 Å². The van der Waals surface area contributed by atoms with Crippen LogP contribution in [0.2, 0.25) is 0 Å². The molecule has 0 spiro atoms. The van der Waals surface area contributed by atoms with Crippen LogP contribution in [-0.4, -0.2) is 61.1 Å². The summed E-state index contributed by atoms with van der Waals surface area (Å²) in [5.74, 6) is -1.53. The van der Waals surface area contributed by atoms with Crippen LogP contribution in [0.5, 0.6) is 0 Å². The van der Waals surface area contributed by atoms with E-state index in [0.717, 1.165) is 19.3 Å². The van der Waals surface area contributed by atoms with Crippen molar-refractivity contribution in [3.8, 4) is 0 Å². The quantitative estimate of drug-likeness (QED) is 0.364. The molecule has 0 aliphatic heterocycles. The largest absolute Gasteiger partial charge is 0.468 e. The van der Waals surface area contributed by atoms with Crippen LogP contribution < -0.4 is 10.6 Å². The maximum Gasteiger partial charge on any atom is 0.408 e. The molecular weight excluding hydrogens is 426 g/mol. The van der Waals surface area contributed by atoms with Gasteiger partial charge in [-0.05, 0) is 32.8 Å². The van der Waals surface area contributed by atoms with Crippen LogP contribution in [-0.2, 0) is 23.9 Å². The first-order chi connectivity index (χ1) is 15.6. The zero-order valence-corrected chi connectivity index (χ0v) is 20.3. The van der Waals surface area contributed by atoms with Crippen molar-refractivity contribution < 1.29 is 28.7 Å². The predicted octanol–water partition coefficient (Wildman–Crippen LogP) is 2.95. The molecular formula is C24H37N3O6. The second-order valence-electron chi connectivity index (χ2n) is 8.61. The van der Waals surface area contributed by atoms with Gasteiger partial charge >= 0.3 is 12.1 Å². The molecule has 0 aliphatic rings. The molecule has 1 atom stereocenters. The molecule has 0 aliphatic carbocycles. The molecule has 33 heavy (non-hydrogen) atoms. The van der Waals surface area contributed by atoms with Crippen molar-refractivity contribution in [1.29, 1.82) is 0 Å². The van der Waals surface area contributed by atoms with Crippen LogP contribution in [0.15, 0.2) is 30.3 Å². The van der Waals surface area contributed by atoms with Gasteiger partial charge in [0.25, 0.3) is 0 Å². The SMILES string of the molecule is CCCCCCN(C(=O)CNC(=O)OC(C)(C)C)C(C(=O)NCC(=O)OC)c1ccccc1. The number of amides is 3. The maximum atomic E-state index is 13.2. The highest BCUT2D eigenvalue weighted by Crippen LogP contribution is 2.22. The Morgan fingerprint density at radius 1 is 0.970 bits per heavy atom. The number of benzene rings is 1. The van der Waals surface area contributed by atoms with E-state index in [1.807, 2.05) is 6.07 Å². The molecule has 1 aromatic carbocycles. The third kappa shape index (κ3) is 10.9. The van der Waals surface area contributed by atoms with Crippen LogP contribution in [0.1, 0.15) is 65.0 Å². The number of methoxy groups -OCH3 is 1. The maximum absolute atomic E-state index is 13.2. The first kappa shape index (κ1) is 27.9. The molecule has 3 amide bonds. The Morgan fingerprint density at radius 3 is 2.21 bits per heavy atom. The fourth-order valence-electron chi connectivity index (χ4n) is 3.11. The summed E-state index contributed by atoms with van der Waals surface area (Å²) < 4.78 is 9.79. The van der Waals surface area contributed by atoms with Crippen LogP contribution in [0.4, 0.5) is 4.79 Å². The third-order valence-corrected chi connectivity index (χ3v) is 4.67. The Kier molecular flexibility index (Phi) is 12.0. The Labute approximate surface area is 196 Å². The summed E-state index contributed by atoms with van der Waals surface area (Å²) >= 11 is 0. The average molecular weight is 464 g/mol. The second kappa shape index (κ2) is 14.1. The van der Waals surface area contributed by atoms with Crippen molar-refractivity contribution in [1.82, 2.24) is 15.5 Å². The second-order valence-corrected chi connectivity index (χ2v) is 8.61. The predicted molar refractivity (Wildman–Crippen MR) is 124 cm³/mol. The van der Waals surface area contributed by atoms with Gasteiger partial charge in [-0.25, -0.2) is 4.79 Å². The van der Waals surface area contributed by atoms with Gasteiger partial charge in [-0.1, -0.05) is 56.5 Å². The standard InChI is InChI=1S/C24H37N3O6/c1-6-7-8-12-15-27(19(28)16-26-23(31)33-24(2,3)4)21(18-13-10-9-11-14-18)22(30)25-17-20(29)32-5/h9-11,13-14,21H,6-8,12,15-17H2,1-5H3,(H,25,30)(H,26,31). The first-order valence-corrected chi connectivity index (χ1v) is 11.2. The number of hydrogen-bond donors (Lipinski definition) is 2. The third-order valence-electron chi connectivity index (χ3n) is 4.67. The Hall–Kier alpha value is -3.10. The summed E-state index contributed by atoms with van der Waals surface area (Å²) in [6, 6.07) is 7.88. The molecule has 0 radical (unpaired) electrons. The van der Waals surface area contributed by atoms with Crippen LogP contribution in [0.3, 0.4) is 0 Å². The van der Waals surface area contributed by atoms with Crippen LogP contribution in [0, 0.1) is 0 Å². The van der Waals surface area contributed by atoms with E-state index in [0.29, 0.717) is 18.5 Å². The van der Waals surface area contributed by atoms with E-state index in [2.05, 4.69) is 22.3 Å². The van der Waals surface area contributed by atoms with Crippen molar-refractivity contribution >= 4 is 23.9 Å². The molecule has 0 aromatic heterocycles. The highest BCUT2D eigenvalue weighted by molar-refractivity contribution is 5.91. The van der Waals surface area contributed by atoms with E-state index in [9.17, 15) is 19.2 Å². The molecule has 0 bridgehead atoms. The molecule has 2 N–H and O–H groups in total. The fraction of sp³-hybridized carbons (Fsp3) is 0.583. The highest BCUT2D eigenvalue weighted by atomic mass is 16.6. The Bertz CT molecular complexity index is 776. The minimum absolute atomic E-state index is 0.313. The van der Waals surface area contributed by atoms with E-state index in [4.69, 9.17) is 4.74 Å². The van der Waals surface area contributed by atoms with E-state index in [1.165, 1.54) is 12.0 Å². The number of rotatable bonds is 12. The lowest BCUT2D eigenvalue weighted by atomic mass is 10.0. The number of carbonyl (C=O) groups is 4. The normalized spacial score (nSPS) is 11.8. The van der Waals surface area contributed by atoms with Crippen molar-refractivity contribution in [3.05, 3.63) is 35.9 Å². The fourth-order valence-corrected chi connectivity index (χ4v) is 3.11. The van der Waals surface area contributed by atoms with Gasteiger partial charge in [-0.3, -0.25) is 14.4 Å². The van der Waals surface area contributed by atoms with Gasteiger partial charge in [0.05, 0.1) is 7.11 Å². The van der Waals surface area contributed by atoms with Crippen molar-refractivity contribution in [2.75, 3.05) is 26.7 Å². The lowest BCUT2D eigenvalue weighted by Gasteiger charge is -2.31. The lowest BCUT2D eigenvalue weighted by molar-refractivity contribution is -0.143. The summed E-state index contributed by atoms with van der Waals surface area (Å²) in [6.45, 7) is 6.95. The molecule has 1 rings (SSSR count). The molecule has 0 saturated heterocycles. The average Bonchev–Trinajstić information content (AvgIpc) is 2.77. The number of alkyl carbamates (subject to hydrolysis) is 1. The molecule has 9 heteroatoms. The smallest absolute Gasteiger partial charge is 0.408 e. The number of unbranched alkanes of at least 4 members (excludes halogenated alkanes) is 3. The molecule has 1 aromatic rings. The van der Waals surface area contributed by atoms with Crippen molar-refractivity contribution in [2.24, 2.45) is 0 Å². The highest BCUT2D eigenvalue weighted by Gasteiger charge is 2.31. The molecule has 0 saturated carbocycles. The van der Waals surface area contributed by atoms with Crippen molar-refractivity contribution in [2.45, 2.75) is 65.0 Å². The number of carbonyl (C=O) groups excluding carboxylic acids is 4. The number of esters is 1. The summed E-state index contributed by atoms with van der Waals surface area (Å²) in [5, 5.41) is 5.01. The molecule has 1 unspecified atom stereocenters. The van der Waals surface area contributed by atoms with Gasteiger partial charge in [0.15, 0.2) is 0 Å². The number of hydrogen-bond acceptors (Lipinski definition) is 6. The number of ether oxygens (including phenoxy) is 2. The zero-order chi connectivity index (χ0) is 24.9. The van der Waals surface area contributed by atoms with Crippen LogP contribution in [0.25, 0.3) is 0 Å². The summed E-state index contributed by atoms with van der Waals surface area (Å²) in [7, 11) is 1.23. The topological polar surface area (TPSA) is 114 Å². The monoisotopic (exact) mass is 463 g/mol. The van der Waals surface area contributed by atoms with Gasteiger partial charge < -0.3 is 25.0 Å². The minimum atomic E-state index is -0.967. The van der Waals surface area contributed by atoms with Crippen LogP contribution >= 0.6 is 0 Å². The molecule has 184 valence electrons. The van der Waals surface area contributed by atoms with Gasteiger partial charge in [0.2, 0.25) is 11.8 Å². The zero-order valence-electron chi connectivity index (χ0n) is 20.3. The summed E-state index contributed by atoms with van der Waals surface area (Å²) in [5.41, 5.74) is -0.103. The molecule has 9 nitrogen and oxygen atoms in total. The van der Waals surface area contributed by atoms with Gasteiger partial charge in [-0.2, -0.15) is 0 Å². The lowest BCUT2D eigenvalue weighted by Crippen LogP contribution is -2.48. The van der Waals surface area contributed by atoms with Crippen molar-refractivity contribution in [3.63, 3.8) is 0 Å². The van der Waals surface area contributed by atoms with Gasteiger partial charge in [-0.15, -0.1) is 0 Å². The molecule has 0 fully saturated rings. The Morgan fingerprint density at radius 2 is 1.64 bits per heavy atom. The number of nitrogens with zero attached hydrogens (tertiary/aromatic N) is 1. The minimum Gasteiger partial charge on any atom is -0.468 e. The van der Waals surface area contributed by atoms with Gasteiger partial charge in [0.1, 0.15) is 24.7 Å².